The quantitative estimate of drug-likeness (QED) is 0.245. The van der Waals surface area contributed by atoms with E-state index in [1.807, 2.05) is 60.8 Å². The van der Waals surface area contributed by atoms with E-state index in [2.05, 4.69) is 74.1 Å². The van der Waals surface area contributed by atoms with Gasteiger partial charge < -0.3 is 10.1 Å². The summed E-state index contributed by atoms with van der Waals surface area (Å²) >= 11 is 0. The molecule has 0 radical (unpaired) electrons. The molecule has 0 aliphatic heterocycles. The molecule has 0 bridgehead atoms. The minimum Gasteiger partial charge on any atom is -0.507 e. The predicted molar refractivity (Wildman–Crippen MR) is 160 cm³/mol. The maximum atomic E-state index is 11.0. The predicted octanol–water partition coefficient (Wildman–Crippen LogP) is 8.61. The smallest absolute Gasteiger partial charge is 0.125 e. The van der Waals surface area contributed by atoms with Crippen molar-refractivity contribution < 1.29 is 5.11 Å². The lowest BCUT2D eigenvalue weighted by molar-refractivity contribution is 0.477. The number of H-pyrrole nitrogens is 1. The van der Waals surface area contributed by atoms with E-state index in [0.717, 1.165) is 55.9 Å². The number of hydrogen-bond acceptors (Lipinski definition) is 3. The Bertz CT molecular complexity index is 1800. The fourth-order valence-electron chi connectivity index (χ4n) is 5.50. The lowest BCUT2D eigenvalue weighted by Crippen LogP contribution is -2.22. The topological polar surface area (TPSA) is 61.8 Å². The number of aromatic amines is 1. The van der Waals surface area contributed by atoms with Crippen molar-refractivity contribution in [2.45, 2.75) is 33.1 Å². The highest BCUT2D eigenvalue weighted by molar-refractivity contribution is 5.98. The molecule has 3 aromatic carbocycles. The van der Waals surface area contributed by atoms with Crippen LogP contribution in [0.25, 0.3) is 44.5 Å². The third-order valence-electron chi connectivity index (χ3n) is 7.85. The summed E-state index contributed by atoms with van der Waals surface area (Å²) in [6, 6.07) is 32.4. The fraction of sp³-hybridized carbons (Fsp3) is 0.143. The zero-order valence-electron chi connectivity index (χ0n) is 22.7. The Morgan fingerprint density at radius 1 is 0.744 bits per heavy atom. The molecule has 0 aliphatic carbocycles. The molecule has 6 aromatic rings. The number of fused-ring (bicyclic) bond motifs is 1. The van der Waals surface area contributed by atoms with E-state index in [1.54, 1.807) is 6.07 Å². The summed E-state index contributed by atoms with van der Waals surface area (Å²) in [5, 5.41) is 13.1. The first-order chi connectivity index (χ1) is 18.8. The van der Waals surface area contributed by atoms with Gasteiger partial charge in [-0.15, -0.1) is 0 Å². The number of rotatable bonds is 5. The third kappa shape index (κ3) is 4.28. The van der Waals surface area contributed by atoms with Gasteiger partial charge in [0.05, 0.1) is 22.8 Å². The first-order valence-electron chi connectivity index (χ1n) is 13.2. The molecular weight excluding hydrogens is 478 g/mol. The standard InChI is InChI=1S/C35H31N3O/c1-22-23(2)34(35(3,4)31-16-10-11-19-36-31)38-32(22)29-21-26-14-8-9-15-27(26)33(37-29)28-20-25(17-18-30(28)39)24-12-6-5-7-13-24/h5-21,38-39H,1-4H3. The molecule has 6 rings (SSSR count). The Balaban J connectivity index is 1.55. The van der Waals surface area contributed by atoms with Gasteiger partial charge in [-0.3, -0.25) is 4.98 Å². The lowest BCUT2D eigenvalue weighted by Gasteiger charge is -2.24. The number of benzene rings is 3. The van der Waals surface area contributed by atoms with Gasteiger partial charge in [0.25, 0.3) is 0 Å². The van der Waals surface area contributed by atoms with Gasteiger partial charge in [-0.1, -0.05) is 66.7 Å². The molecule has 0 atom stereocenters. The molecule has 39 heavy (non-hydrogen) atoms. The Morgan fingerprint density at radius 2 is 1.49 bits per heavy atom. The molecule has 0 amide bonds. The van der Waals surface area contributed by atoms with Crippen LogP contribution in [0.3, 0.4) is 0 Å². The van der Waals surface area contributed by atoms with Gasteiger partial charge >= 0.3 is 0 Å². The summed E-state index contributed by atoms with van der Waals surface area (Å²) in [6.07, 6.45) is 1.84. The van der Waals surface area contributed by atoms with Gasteiger partial charge in [-0.05, 0) is 85.7 Å². The van der Waals surface area contributed by atoms with Gasteiger partial charge in [0.1, 0.15) is 5.75 Å². The van der Waals surface area contributed by atoms with Crippen LogP contribution in [0.15, 0.2) is 103 Å². The second-order valence-corrected chi connectivity index (χ2v) is 10.6. The summed E-state index contributed by atoms with van der Waals surface area (Å²) in [4.78, 5) is 13.6. The largest absolute Gasteiger partial charge is 0.507 e. The number of aromatic nitrogens is 3. The van der Waals surface area contributed by atoms with E-state index in [-0.39, 0.29) is 11.2 Å². The highest BCUT2D eigenvalue weighted by Crippen LogP contribution is 2.40. The van der Waals surface area contributed by atoms with E-state index >= 15 is 0 Å². The number of phenols is 1. The fourth-order valence-corrected chi connectivity index (χ4v) is 5.50. The minimum atomic E-state index is -0.309. The zero-order chi connectivity index (χ0) is 27.1. The monoisotopic (exact) mass is 509 g/mol. The number of nitrogens with one attached hydrogen (secondary N) is 1. The first kappa shape index (κ1) is 24.6. The highest BCUT2D eigenvalue weighted by Gasteiger charge is 2.30. The van der Waals surface area contributed by atoms with Gasteiger partial charge in [-0.25, -0.2) is 4.98 Å². The van der Waals surface area contributed by atoms with Crippen molar-refractivity contribution in [2.75, 3.05) is 0 Å². The summed E-state index contributed by atoms with van der Waals surface area (Å²) in [5.74, 6) is 0.209. The van der Waals surface area contributed by atoms with Gasteiger partial charge in [0.15, 0.2) is 0 Å². The van der Waals surface area contributed by atoms with Crippen LogP contribution in [0.2, 0.25) is 0 Å². The maximum Gasteiger partial charge on any atom is 0.125 e. The molecule has 0 saturated carbocycles. The van der Waals surface area contributed by atoms with Gasteiger partial charge in [0, 0.05) is 28.3 Å². The second-order valence-electron chi connectivity index (χ2n) is 10.6. The van der Waals surface area contributed by atoms with Crippen molar-refractivity contribution in [3.63, 3.8) is 0 Å². The molecule has 0 saturated heterocycles. The van der Waals surface area contributed by atoms with Crippen molar-refractivity contribution in [2.24, 2.45) is 0 Å². The number of pyridine rings is 2. The summed E-state index contributed by atoms with van der Waals surface area (Å²) in [6.45, 7) is 8.70. The molecule has 0 spiro atoms. The Kier molecular flexibility index (Phi) is 6.03. The molecule has 4 nitrogen and oxygen atoms in total. The summed E-state index contributed by atoms with van der Waals surface area (Å²) < 4.78 is 0. The molecule has 0 unspecified atom stereocenters. The van der Waals surface area contributed by atoms with Crippen LogP contribution in [0, 0.1) is 13.8 Å². The van der Waals surface area contributed by atoms with Crippen LogP contribution in [0.4, 0.5) is 0 Å². The summed E-state index contributed by atoms with van der Waals surface area (Å²) in [7, 11) is 0. The zero-order valence-corrected chi connectivity index (χ0v) is 22.7. The van der Waals surface area contributed by atoms with Crippen LogP contribution in [0.5, 0.6) is 5.75 Å². The molecule has 3 heterocycles. The van der Waals surface area contributed by atoms with Crippen LogP contribution in [0.1, 0.15) is 36.4 Å². The van der Waals surface area contributed by atoms with Crippen LogP contribution >= 0.6 is 0 Å². The second kappa shape index (κ2) is 9.55. The maximum absolute atomic E-state index is 11.0. The number of hydrogen-bond donors (Lipinski definition) is 2. The van der Waals surface area contributed by atoms with Crippen LogP contribution in [-0.2, 0) is 5.41 Å². The Hall–Kier alpha value is -4.70. The average molecular weight is 510 g/mol. The molecular formula is C35H31N3O. The first-order valence-corrected chi connectivity index (χ1v) is 13.2. The van der Waals surface area contributed by atoms with Crippen molar-refractivity contribution in [3.8, 4) is 39.5 Å². The SMILES string of the molecule is Cc1c(-c2cc3ccccc3c(-c3cc(-c4ccccc4)ccc3O)n2)[nH]c(C(C)(C)c2ccccn2)c1C. The van der Waals surface area contributed by atoms with E-state index in [0.29, 0.717) is 5.56 Å². The van der Waals surface area contributed by atoms with E-state index in [4.69, 9.17) is 4.98 Å². The van der Waals surface area contributed by atoms with Crippen molar-refractivity contribution in [3.05, 3.63) is 126 Å². The van der Waals surface area contributed by atoms with Crippen molar-refractivity contribution in [1.82, 2.24) is 15.0 Å². The minimum absolute atomic E-state index is 0.209. The van der Waals surface area contributed by atoms with Gasteiger partial charge in [0.2, 0.25) is 0 Å². The molecule has 4 heteroatoms. The highest BCUT2D eigenvalue weighted by atomic mass is 16.3. The molecule has 0 aliphatic rings. The van der Waals surface area contributed by atoms with Crippen LogP contribution < -0.4 is 0 Å². The van der Waals surface area contributed by atoms with E-state index in [9.17, 15) is 5.11 Å². The molecule has 2 N–H and O–H groups in total. The van der Waals surface area contributed by atoms with Crippen molar-refractivity contribution in [1.29, 1.82) is 0 Å². The van der Waals surface area contributed by atoms with E-state index < -0.39 is 0 Å². The lowest BCUT2D eigenvalue weighted by atomic mass is 9.83. The van der Waals surface area contributed by atoms with Gasteiger partial charge in [-0.2, -0.15) is 0 Å². The summed E-state index contributed by atoms with van der Waals surface area (Å²) in [5.41, 5.74) is 9.61. The number of nitrogens with zero attached hydrogens (tertiary/aromatic N) is 2. The molecule has 3 aromatic heterocycles. The van der Waals surface area contributed by atoms with Crippen LogP contribution in [-0.4, -0.2) is 20.1 Å². The number of aromatic hydroxyl groups is 1. The Morgan fingerprint density at radius 3 is 2.26 bits per heavy atom. The van der Waals surface area contributed by atoms with Crippen molar-refractivity contribution >= 4 is 10.8 Å². The third-order valence-corrected chi connectivity index (χ3v) is 7.85. The van der Waals surface area contributed by atoms with E-state index in [1.165, 1.54) is 5.56 Å². The number of phenolic OH excluding ortho intramolecular Hbond substituents is 1. The molecule has 0 fully saturated rings. The molecule has 192 valence electrons. The normalized spacial score (nSPS) is 11.7. The Labute approximate surface area is 229 Å². The average Bonchev–Trinajstić information content (AvgIpc) is 3.28.